The van der Waals surface area contributed by atoms with Crippen LogP contribution in [0.2, 0.25) is 0 Å². The van der Waals surface area contributed by atoms with E-state index >= 15 is 0 Å². The fraction of sp³-hybridized carbons (Fsp3) is 0.889. The van der Waals surface area contributed by atoms with Crippen molar-refractivity contribution in [1.82, 2.24) is 15.1 Å². The summed E-state index contributed by atoms with van der Waals surface area (Å²) in [5.74, 6) is -0.0255. The number of carbonyl (C=O) groups excluding carboxylic acids is 2. The van der Waals surface area contributed by atoms with Gasteiger partial charge in [0.05, 0.1) is 0 Å². The van der Waals surface area contributed by atoms with E-state index in [1.165, 1.54) is 0 Å². The van der Waals surface area contributed by atoms with E-state index in [9.17, 15) is 9.59 Å². The fourth-order valence-electron chi connectivity index (χ4n) is 3.70. The van der Waals surface area contributed by atoms with Crippen molar-refractivity contribution in [3.05, 3.63) is 0 Å². The molecule has 5 heteroatoms. The first-order valence-corrected chi connectivity index (χ1v) is 9.07. The summed E-state index contributed by atoms with van der Waals surface area (Å²) >= 11 is 0. The molecule has 2 aliphatic rings. The highest BCUT2D eigenvalue weighted by atomic mass is 16.2. The summed E-state index contributed by atoms with van der Waals surface area (Å²) in [6, 6.07) is 0. The van der Waals surface area contributed by atoms with E-state index in [2.05, 4.69) is 17.3 Å². The second-order valence-electron chi connectivity index (χ2n) is 8.22. The fourth-order valence-corrected chi connectivity index (χ4v) is 3.70. The summed E-state index contributed by atoms with van der Waals surface area (Å²) in [7, 11) is 2.11. The molecule has 0 radical (unpaired) electrons. The topological polar surface area (TPSA) is 52.7 Å². The molecule has 1 N–H and O–H groups in total. The third-order valence-corrected chi connectivity index (χ3v) is 4.95. The SMILES string of the molecule is CN1CCCN(C(=O)[C@@H]2CCCC[C@@H]2C(=O)NC(C)(C)C)CC1. The Morgan fingerprint density at radius 1 is 0.913 bits per heavy atom. The van der Waals surface area contributed by atoms with Gasteiger partial charge in [0.1, 0.15) is 0 Å². The molecule has 1 heterocycles. The van der Waals surface area contributed by atoms with E-state index in [4.69, 9.17) is 0 Å². The monoisotopic (exact) mass is 323 g/mol. The lowest BCUT2D eigenvalue weighted by atomic mass is 9.77. The molecule has 2 amide bonds. The van der Waals surface area contributed by atoms with Gasteiger partial charge in [-0.25, -0.2) is 0 Å². The minimum atomic E-state index is -0.243. The highest BCUT2D eigenvalue weighted by Gasteiger charge is 2.38. The van der Waals surface area contributed by atoms with Crippen molar-refractivity contribution in [2.75, 3.05) is 33.2 Å². The number of amides is 2. The van der Waals surface area contributed by atoms with Gasteiger partial charge in [-0.15, -0.1) is 0 Å². The van der Waals surface area contributed by atoms with Crippen LogP contribution in [0.15, 0.2) is 0 Å². The van der Waals surface area contributed by atoms with Gasteiger partial charge in [-0.3, -0.25) is 9.59 Å². The van der Waals surface area contributed by atoms with Crippen molar-refractivity contribution in [3.8, 4) is 0 Å². The Labute approximate surface area is 140 Å². The average Bonchev–Trinajstić information content (AvgIpc) is 2.69. The predicted molar refractivity (Wildman–Crippen MR) is 92.0 cm³/mol. The summed E-state index contributed by atoms with van der Waals surface area (Å²) < 4.78 is 0. The van der Waals surface area contributed by atoms with Gasteiger partial charge in [-0.2, -0.15) is 0 Å². The quantitative estimate of drug-likeness (QED) is 0.844. The van der Waals surface area contributed by atoms with E-state index in [1.54, 1.807) is 0 Å². The first-order chi connectivity index (χ1) is 10.8. The van der Waals surface area contributed by atoms with E-state index in [0.29, 0.717) is 0 Å². The average molecular weight is 323 g/mol. The van der Waals surface area contributed by atoms with Crippen LogP contribution in [0.3, 0.4) is 0 Å². The van der Waals surface area contributed by atoms with Gasteiger partial charge in [0, 0.05) is 37.0 Å². The number of likely N-dealkylation sites (N-methyl/N-ethyl adjacent to an activating group) is 1. The number of hydrogen-bond donors (Lipinski definition) is 1. The maximum absolute atomic E-state index is 13.0. The minimum absolute atomic E-state index is 0.0579. The van der Waals surface area contributed by atoms with Crippen LogP contribution in [0.1, 0.15) is 52.9 Å². The molecule has 0 spiro atoms. The normalized spacial score (nSPS) is 27.4. The summed E-state index contributed by atoms with van der Waals surface area (Å²) in [6.07, 6.45) is 4.82. The van der Waals surface area contributed by atoms with Gasteiger partial charge in [-0.1, -0.05) is 12.8 Å². The molecule has 2 rings (SSSR count). The third kappa shape index (κ3) is 5.20. The molecule has 132 valence electrons. The molecular formula is C18H33N3O2. The number of hydrogen-bond acceptors (Lipinski definition) is 3. The van der Waals surface area contributed by atoms with Gasteiger partial charge in [0.25, 0.3) is 0 Å². The van der Waals surface area contributed by atoms with Crippen molar-refractivity contribution in [2.24, 2.45) is 11.8 Å². The second-order valence-corrected chi connectivity index (χ2v) is 8.22. The molecule has 2 atom stereocenters. The maximum atomic E-state index is 13.0. The summed E-state index contributed by atoms with van der Waals surface area (Å²) in [4.78, 5) is 29.9. The van der Waals surface area contributed by atoms with E-state index < -0.39 is 0 Å². The van der Waals surface area contributed by atoms with E-state index in [1.807, 2.05) is 25.7 Å². The molecule has 1 saturated carbocycles. The molecule has 1 saturated heterocycles. The Morgan fingerprint density at radius 2 is 1.57 bits per heavy atom. The Kier molecular flexibility index (Phi) is 6.06. The minimum Gasteiger partial charge on any atom is -0.351 e. The van der Waals surface area contributed by atoms with Crippen LogP contribution in [0, 0.1) is 11.8 Å². The van der Waals surface area contributed by atoms with Crippen LogP contribution in [-0.4, -0.2) is 60.4 Å². The van der Waals surface area contributed by atoms with Gasteiger partial charge < -0.3 is 15.1 Å². The van der Waals surface area contributed by atoms with Crippen LogP contribution < -0.4 is 5.32 Å². The second kappa shape index (κ2) is 7.65. The highest BCUT2D eigenvalue weighted by Crippen LogP contribution is 2.32. The zero-order chi connectivity index (χ0) is 17.0. The van der Waals surface area contributed by atoms with Crippen molar-refractivity contribution in [2.45, 2.75) is 58.4 Å². The third-order valence-electron chi connectivity index (χ3n) is 4.95. The molecule has 0 aromatic heterocycles. The first kappa shape index (κ1) is 18.2. The van der Waals surface area contributed by atoms with Crippen molar-refractivity contribution >= 4 is 11.8 Å². The highest BCUT2D eigenvalue weighted by molar-refractivity contribution is 5.88. The zero-order valence-corrected chi connectivity index (χ0v) is 15.2. The first-order valence-electron chi connectivity index (χ1n) is 9.07. The van der Waals surface area contributed by atoms with Gasteiger partial charge in [0.15, 0.2) is 0 Å². The van der Waals surface area contributed by atoms with Gasteiger partial charge >= 0.3 is 0 Å². The Morgan fingerprint density at radius 3 is 2.22 bits per heavy atom. The molecule has 0 unspecified atom stereocenters. The summed E-state index contributed by atoms with van der Waals surface area (Å²) in [6.45, 7) is 9.58. The molecule has 2 fully saturated rings. The smallest absolute Gasteiger partial charge is 0.226 e. The Bertz CT molecular complexity index is 430. The van der Waals surface area contributed by atoms with E-state index in [-0.39, 0.29) is 29.2 Å². The predicted octanol–water partition coefficient (Wildman–Crippen LogP) is 1.87. The van der Waals surface area contributed by atoms with Crippen LogP contribution in [0.25, 0.3) is 0 Å². The van der Waals surface area contributed by atoms with Crippen molar-refractivity contribution in [1.29, 1.82) is 0 Å². The lowest BCUT2D eigenvalue weighted by Gasteiger charge is -2.35. The lowest BCUT2D eigenvalue weighted by molar-refractivity contribution is -0.144. The number of nitrogens with zero attached hydrogens (tertiary/aromatic N) is 2. The van der Waals surface area contributed by atoms with Crippen LogP contribution in [-0.2, 0) is 9.59 Å². The molecular weight excluding hydrogens is 290 g/mol. The number of rotatable bonds is 2. The molecule has 0 bridgehead atoms. The van der Waals surface area contributed by atoms with E-state index in [0.717, 1.165) is 58.3 Å². The molecule has 23 heavy (non-hydrogen) atoms. The van der Waals surface area contributed by atoms with Crippen LogP contribution in [0.4, 0.5) is 0 Å². The molecule has 0 aromatic carbocycles. The summed E-state index contributed by atoms with van der Waals surface area (Å²) in [5, 5.41) is 3.08. The number of carbonyl (C=O) groups is 2. The molecule has 1 aliphatic carbocycles. The Balaban J connectivity index is 2.04. The van der Waals surface area contributed by atoms with Crippen LogP contribution >= 0.6 is 0 Å². The van der Waals surface area contributed by atoms with Gasteiger partial charge in [0.2, 0.25) is 11.8 Å². The standard InChI is InChI=1S/C18H33N3O2/c1-18(2,3)19-16(22)14-8-5-6-9-15(14)17(23)21-11-7-10-20(4)12-13-21/h14-15H,5-13H2,1-4H3,(H,19,22)/t14-,15+/m0/s1. The zero-order valence-electron chi connectivity index (χ0n) is 15.2. The van der Waals surface area contributed by atoms with Gasteiger partial charge in [-0.05, 0) is 53.6 Å². The molecule has 1 aliphatic heterocycles. The van der Waals surface area contributed by atoms with Crippen LogP contribution in [0.5, 0.6) is 0 Å². The van der Waals surface area contributed by atoms with Crippen molar-refractivity contribution < 1.29 is 9.59 Å². The molecule has 5 nitrogen and oxygen atoms in total. The maximum Gasteiger partial charge on any atom is 0.226 e. The van der Waals surface area contributed by atoms with Crippen molar-refractivity contribution in [3.63, 3.8) is 0 Å². The molecule has 0 aromatic rings. The summed E-state index contributed by atoms with van der Waals surface area (Å²) in [5.41, 5.74) is -0.243. The largest absolute Gasteiger partial charge is 0.351 e. The lowest BCUT2D eigenvalue weighted by Crippen LogP contribution is -2.50. The Hall–Kier alpha value is -1.10. The number of nitrogens with one attached hydrogen (secondary N) is 1.